The Morgan fingerprint density at radius 2 is 2.28 bits per heavy atom. The molecule has 1 aliphatic rings. The molecule has 2 aromatic rings. The Bertz CT molecular complexity index is 752. The van der Waals surface area contributed by atoms with Gasteiger partial charge in [-0.2, -0.15) is 5.10 Å². The number of likely N-dealkylation sites (tertiary alicyclic amines) is 1. The quantitative estimate of drug-likeness (QED) is 0.907. The Labute approximate surface area is 149 Å². The maximum atomic E-state index is 13.2. The smallest absolute Gasteiger partial charge is 0.254 e. The molecule has 3 rings (SSSR count). The molecule has 0 aliphatic carbocycles. The van der Waals surface area contributed by atoms with Crippen LogP contribution in [0, 0.1) is 12.8 Å². The molecule has 1 N–H and O–H groups in total. The van der Waals surface area contributed by atoms with Gasteiger partial charge < -0.3 is 10.2 Å². The maximum absolute atomic E-state index is 13.2. The highest BCUT2D eigenvalue weighted by molar-refractivity contribution is 6.05. The van der Waals surface area contributed by atoms with E-state index in [0.717, 1.165) is 54.8 Å². The lowest BCUT2D eigenvalue weighted by Crippen LogP contribution is -2.42. The third-order valence-corrected chi connectivity index (χ3v) is 5.23. The van der Waals surface area contributed by atoms with Crippen LogP contribution in [0.25, 0.3) is 11.0 Å². The van der Waals surface area contributed by atoms with Gasteiger partial charge in [0.25, 0.3) is 5.91 Å². The van der Waals surface area contributed by atoms with Gasteiger partial charge in [0.15, 0.2) is 5.65 Å². The minimum atomic E-state index is 0.111. The van der Waals surface area contributed by atoms with Crippen LogP contribution in [-0.2, 0) is 0 Å². The zero-order chi connectivity index (χ0) is 18.0. The summed E-state index contributed by atoms with van der Waals surface area (Å²) in [4.78, 5) is 19.9. The molecule has 1 fully saturated rings. The molecule has 1 amide bonds. The van der Waals surface area contributed by atoms with Crippen LogP contribution in [-0.4, -0.2) is 52.3 Å². The molecule has 0 radical (unpaired) electrons. The third kappa shape index (κ3) is 3.54. The van der Waals surface area contributed by atoms with Crippen LogP contribution in [0.2, 0.25) is 0 Å². The van der Waals surface area contributed by atoms with E-state index in [1.807, 2.05) is 29.6 Å². The number of carbonyl (C=O) groups excluding carboxylic acids is 1. The highest BCUT2D eigenvalue weighted by Gasteiger charge is 2.26. The van der Waals surface area contributed by atoms with Gasteiger partial charge in [-0.25, -0.2) is 9.67 Å². The molecule has 1 saturated heterocycles. The van der Waals surface area contributed by atoms with Crippen molar-refractivity contribution in [1.82, 2.24) is 25.0 Å². The molecule has 2 unspecified atom stereocenters. The molecule has 0 aromatic carbocycles. The van der Waals surface area contributed by atoms with E-state index in [1.165, 1.54) is 6.42 Å². The SMILES string of the molecule is CCC(C)n1ncc2c(C(=O)N3CCCC(CNC)C3)cc(C)nc21. The van der Waals surface area contributed by atoms with E-state index in [-0.39, 0.29) is 11.9 Å². The molecule has 1 aliphatic heterocycles. The van der Waals surface area contributed by atoms with Gasteiger partial charge in [0.2, 0.25) is 0 Å². The summed E-state index contributed by atoms with van der Waals surface area (Å²) in [7, 11) is 1.97. The number of amides is 1. The van der Waals surface area contributed by atoms with E-state index < -0.39 is 0 Å². The van der Waals surface area contributed by atoms with Gasteiger partial charge in [-0.05, 0) is 58.7 Å². The summed E-state index contributed by atoms with van der Waals surface area (Å²) >= 11 is 0. The summed E-state index contributed by atoms with van der Waals surface area (Å²) in [6.07, 6.45) is 5.03. The molecule has 2 aromatic heterocycles. The van der Waals surface area contributed by atoms with E-state index in [0.29, 0.717) is 5.92 Å². The van der Waals surface area contributed by atoms with Crippen LogP contribution >= 0.6 is 0 Å². The molecule has 0 spiro atoms. The Kier molecular flexibility index (Phi) is 5.37. The number of aryl methyl sites for hydroxylation is 1. The van der Waals surface area contributed by atoms with Crippen LogP contribution in [0.1, 0.15) is 55.2 Å². The first-order valence-corrected chi connectivity index (χ1v) is 9.33. The minimum absolute atomic E-state index is 0.111. The van der Waals surface area contributed by atoms with E-state index in [1.54, 1.807) is 6.20 Å². The Morgan fingerprint density at radius 3 is 3.00 bits per heavy atom. The van der Waals surface area contributed by atoms with Gasteiger partial charge in [0.1, 0.15) is 0 Å². The third-order valence-electron chi connectivity index (χ3n) is 5.23. The summed E-state index contributed by atoms with van der Waals surface area (Å²) < 4.78 is 1.94. The van der Waals surface area contributed by atoms with Crippen LogP contribution in [0.15, 0.2) is 12.3 Å². The number of piperidine rings is 1. The summed E-state index contributed by atoms with van der Waals surface area (Å²) in [5.74, 6) is 0.643. The second-order valence-corrected chi connectivity index (χ2v) is 7.21. The molecule has 2 atom stereocenters. The highest BCUT2D eigenvalue weighted by atomic mass is 16.2. The number of nitrogens with zero attached hydrogens (tertiary/aromatic N) is 4. The van der Waals surface area contributed by atoms with Crippen molar-refractivity contribution in [1.29, 1.82) is 0 Å². The monoisotopic (exact) mass is 343 g/mol. The molecule has 6 nitrogen and oxygen atoms in total. The highest BCUT2D eigenvalue weighted by Crippen LogP contribution is 2.25. The van der Waals surface area contributed by atoms with Crippen molar-refractivity contribution in [3.8, 4) is 0 Å². The Hall–Kier alpha value is -1.95. The second-order valence-electron chi connectivity index (χ2n) is 7.21. The number of hydrogen-bond donors (Lipinski definition) is 1. The second kappa shape index (κ2) is 7.52. The lowest BCUT2D eigenvalue weighted by Gasteiger charge is -2.33. The van der Waals surface area contributed by atoms with Crippen molar-refractivity contribution in [3.63, 3.8) is 0 Å². The molecule has 136 valence electrons. The molecule has 6 heteroatoms. The Balaban J connectivity index is 1.95. The van der Waals surface area contributed by atoms with Gasteiger partial charge >= 0.3 is 0 Å². The van der Waals surface area contributed by atoms with Crippen LogP contribution in [0.3, 0.4) is 0 Å². The van der Waals surface area contributed by atoms with Gasteiger partial charge in [-0.1, -0.05) is 6.92 Å². The average molecular weight is 343 g/mol. The molecule has 25 heavy (non-hydrogen) atoms. The van der Waals surface area contributed by atoms with Crippen LogP contribution in [0.5, 0.6) is 0 Å². The lowest BCUT2D eigenvalue weighted by atomic mass is 9.97. The first-order valence-electron chi connectivity index (χ1n) is 9.33. The summed E-state index contributed by atoms with van der Waals surface area (Å²) in [5.41, 5.74) is 2.42. The summed E-state index contributed by atoms with van der Waals surface area (Å²) in [6, 6.07) is 2.18. The number of fused-ring (bicyclic) bond motifs is 1. The van der Waals surface area contributed by atoms with Gasteiger partial charge in [-0.15, -0.1) is 0 Å². The van der Waals surface area contributed by atoms with E-state index in [2.05, 4.69) is 29.2 Å². The van der Waals surface area contributed by atoms with Gasteiger partial charge in [-0.3, -0.25) is 4.79 Å². The normalized spacial score (nSPS) is 19.4. The lowest BCUT2D eigenvalue weighted by molar-refractivity contribution is 0.0676. The van der Waals surface area contributed by atoms with Crippen molar-refractivity contribution in [2.75, 3.05) is 26.7 Å². The maximum Gasteiger partial charge on any atom is 0.254 e. The number of carbonyl (C=O) groups is 1. The summed E-state index contributed by atoms with van der Waals surface area (Å²) in [6.45, 7) is 8.83. The van der Waals surface area contributed by atoms with Crippen LogP contribution in [0.4, 0.5) is 0 Å². The predicted octanol–water partition coefficient (Wildman–Crippen LogP) is 2.78. The fourth-order valence-electron chi connectivity index (χ4n) is 3.69. The first kappa shape index (κ1) is 17.9. The number of hydrogen-bond acceptors (Lipinski definition) is 4. The molecular weight excluding hydrogens is 314 g/mol. The average Bonchev–Trinajstić information content (AvgIpc) is 3.04. The molecule has 3 heterocycles. The largest absolute Gasteiger partial charge is 0.338 e. The van der Waals surface area contributed by atoms with Crippen molar-refractivity contribution in [2.24, 2.45) is 5.92 Å². The fraction of sp³-hybridized carbons (Fsp3) is 0.632. The van der Waals surface area contributed by atoms with E-state index in [4.69, 9.17) is 0 Å². The van der Waals surface area contributed by atoms with Crippen LogP contribution < -0.4 is 5.32 Å². The minimum Gasteiger partial charge on any atom is -0.338 e. The molecule has 0 saturated carbocycles. The number of nitrogens with one attached hydrogen (secondary N) is 1. The number of aromatic nitrogens is 3. The summed E-state index contributed by atoms with van der Waals surface area (Å²) in [5, 5.41) is 8.62. The molecule has 0 bridgehead atoms. The fourth-order valence-corrected chi connectivity index (χ4v) is 3.69. The van der Waals surface area contributed by atoms with Gasteiger partial charge in [0, 0.05) is 18.8 Å². The number of rotatable bonds is 5. The standard InChI is InChI=1S/C19H29N5O/c1-5-14(3)24-18-17(11-21-24)16(9-13(2)22-18)19(25)23-8-6-7-15(12-23)10-20-4/h9,11,14-15,20H,5-8,10,12H2,1-4H3. The zero-order valence-electron chi connectivity index (χ0n) is 15.7. The van der Waals surface area contributed by atoms with Crippen molar-refractivity contribution < 1.29 is 4.79 Å². The van der Waals surface area contributed by atoms with Crippen molar-refractivity contribution in [2.45, 2.75) is 46.1 Å². The molecular formula is C19H29N5O. The predicted molar refractivity (Wildman–Crippen MR) is 99.8 cm³/mol. The van der Waals surface area contributed by atoms with Crippen molar-refractivity contribution >= 4 is 16.9 Å². The zero-order valence-corrected chi connectivity index (χ0v) is 15.7. The van der Waals surface area contributed by atoms with Gasteiger partial charge in [0.05, 0.1) is 23.2 Å². The number of pyridine rings is 1. The topological polar surface area (TPSA) is 63.1 Å². The van der Waals surface area contributed by atoms with Crippen molar-refractivity contribution in [3.05, 3.63) is 23.5 Å². The van der Waals surface area contributed by atoms with E-state index in [9.17, 15) is 4.79 Å². The Morgan fingerprint density at radius 1 is 1.48 bits per heavy atom. The van der Waals surface area contributed by atoms with E-state index >= 15 is 0 Å². The first-order chi connectivity index (χ1) is 12.0.